The molecule has 1 aromatic heterocycles. The number of aryl methyl sites for hydroxylation is 1. The van der Waals surface area contributed by atoms with E-state index >= 15 is 0 Å². The van der Waals surface area contributed by atoms with Gasteiger partial charge in [0.1, 0.15) is 12.1 Å². The first-order valence-corrected chi connectivity index (χ1v) is 4.96. The smallest absolute Gasteiger partial charge is 0.129 e. The third-order valence-electron chi connectivity index (χ3n) is 1.95. The fraction of sp³-hybridized carbons (Fsp3) is 0.600. The van der Waals surface area contributed by atoms with Crippen molar-refractivity contribution in [3.63, 3.8) is 0 Å². The zero-order valence-electron chi connectivity index (χ0n) is 8.83. The van der Waals surface area contributed by atoms with Crippen molar-refractivity contribution in [2.24, 2.45) is 5.73 Å². The molecule has 0 fully saturated rings. The topological polar surface area (TPSA) is 63.8 Å². The lowest BCUT2D eigenvalue weighted by Gasteiger charge is -2.07. The Morgan fingerprint density at radius 1 is 1.50 bits per heavy atom. The van der Waals surface area contributed by atoms with Gasteiger partial charge in [0.25, 0.3) is 0 Å². The zero-order valence-corrected chi connectivity index (χ0v) is 8.83. The molecule has 0 radical (unpaired) electrons. The van der Waals surface area contributed by atoms with Gasteiger partial charge in [0.15, 0.2) is 0 Å². The number of nitrogens with one attached hydrogen (secondary N) is 1. The van der Waals surface area contributed by atoms with E-state index in [1.54, 1.807) is 6.33 Å². The minimum absolute atomic E-state index is 0.281. The Labute approximate surface area is 85.0 Å². The van der Waals surface area contributed by atoms with E-state index in [-0.39, 0.29) is 6.04 Å². The number of hydrogen-bond acceptors (Lipinski definition) is 4. The second-order valence-corrected chi connectivity index (χ2v) is 3.59. The monoisotopic (exact) mass is 194 g/mol. The van der Waals surface area contributed by atoms with Crippen LogP contribution < -0.4 is 11.1 Å². The molecule has 0 saturated heterocycles. The summed E-state index contributed by atoms with van der Waals surface area (Å²) in [4.78, 5) is 8.13. The van der Waals surface area contributed by atoms with Crippen molar-refractivity contribution in [3.05, 3.63) is 18.1 Å². The van der Waals surface area contributed by atoms with Crippen LogP contribution in [0.2, 0.25) is 0 Å². The third-order valence-corrected chi connectivity index (χ3v) is 1.95. The van der Waals surface area contributed by atoms with E-state index in [2.05, 4.69) is 15.3 Å². The summed E-state index contributed by atoms with van der Waals surface area (Å²) < 4.78 is 0. The molecule has 0 aliphatic rings. The molecule has 1 rings (SSSR count). The van der Waals surface area contributed by atoms with Gasteiger partial charge in [-0.25, -0.2) is 9.97 Å². The van der Waals surface area contributed by atoms with E-state index in [0.29, 0.717) is 0 Å². The summed E-state index contributed by atoms with van der Waals surface area (Å²) in [6.07, 6.45) is 3.68. The number of hydrogen-bond donors (Lipinski definition) is 2. The Hall–Kier alpha value is -1.16. The molecular weight excluding hydrogens is 176 g/mol. The van der Waals surface area contributed by atoms with Crippen LogP contribution in [-0.2, 0) is 0 Å². The van der Waals surface area contributed by atoms with E-state index in [1.165, 1.54) is 0 Å². The normalized spacial score (nSPS) is 12.5. The molecule has 0 aliphatic heterocycles. The van der Waals surface area contributed by atoms with E-state index in [4.69, 9.17) is 5.73 Å². The van der Waals surface area contributed by atoms with Gasteiger partial charge in [-0.2, -0.15) is 0 Å². The molecule has 1 atom stereocenters. The van der Waals surface area contributed by atoms with Gasteiger partial charge in [-0.3, -0.25) is 0 Å². The summed E-state index contributed by atoms with van der Waals surface area (Å²) in [6, 6.07) is 2.22. The highest BCUT2D eigenvalue weighted by atomic mass is 15.0. The van der Waals surface area contributed by atoms with Crippen LogP contribution in [0, 0.1) is 6.92 Å². The van der Waals surface area contributed by atoms with Crippen molar-refractivity contribution in [2.45, 2.75) is 32.7 Å². The van der Waals surface area contributed by atoms with Crippen molar-refractivity contribution in [3.8, 4) is 0 Å². The molecule has 1 aromatic rings. The largest absolute Gasteiger partial charge is 0.370 e. The first-order valence-electron chi connectivity index (χ1n) is 4.96. The SMILES string of the molecule is Cc1cc(NCCCC(C)N)ncn1. The van der Waals surface area contributed by atoms with Crippen LogP contribution in [0.3, 0.4) is 0 Å². The van der Waals surface area contributed by atoms with Gasteiger partial charge in [-0.1, -0.05) is 0 Å². The maximum atomic E-state index is 5.64. The van der Waals surface area contributed by atoms with Crippen LogP contribution >= 0.6 is 0 Å². The summed E-state index contributed by atoms with van der Waals surface area (Å²) in [5.74, 6) is 0.891. The maximum absolute atomic E-state index is 5.64. The highest BCUT2D eigenvalue weighted by molar-refractivity contribution is 5.33. The average Bonchev–Trinajstić information content (AvgIpc) is 2.12. The fourth-order valence-corrected chi connectivity index (χ4v) is 1.19. The minimum atomic E-state index is 0.281. The van der Waals surface area contributed by atoms with Crippen molar-refractivity contribution < 1.29 is 0 Å². The molecule has 4 heteroatoms. The molecule has 1 unspecified atom stereocenters. The lowest BCUT2D eigenvalue weighted by Crippen LogP contribution is -2.16. The van der Waals surface area contributed by atoms with Crippen LogP contribution in [0.5, 0.6) is 0 Å². The quantitative estimate of drug-likeness (QED) is 0.694. The number of aromatic nitrogens is 2. The molecule has 0 aromatic carbocycles. The van der Waals surface area contributed by atoms with Crippen LogP contribution in [0.25, 0.3) is 0 Å². The van der Waals surface area contributed by atoms with Crippen LogP contribution in [0.1, 0.15) is 25.5 Å². The minimum Gasteiger partial charge on any atom is -0.370 e. The Balaban J connectivity index is 2.25. The molecule has 0 bridgehead atoms. The molecule has 14 heavy (non-hydrogen) atoms. The maximum Gasteiger partial charge on any atom is 0.129 e. The molecular formula is C10H18N4. The number of rotatable bonds is 5. The highest BCUT2D eigenvalue weighted by Gasteiger charge is 1.96. The van der Waals surface area contributed by atoms with E-state index in [1.807, 2.05) is 19.9 Å². The van der Waals surface area contributed by atoms with Gasteiger partial charge in [0.2, 0.25) is 0 Å². The predicted octanol–water partition coefficient (Wildman–Crippen LogP) is 1.32. The first-order chi connectivity index (χ1) is 6.68. The Bertz CT molecular complexity index is 273. The second kappa shape index (κ2) is 5.54. The van der Waals surface area contributed by atoms with Crippen molar-refractivity contribution >= 4 is 5.82 Å². The molecule has 0 aliphatic carbocycles. The summed E-state index contributed by atoms with van der Waals surface area (Å²) >= 11 is 0. The van der Waals surface area contributed by atoms with E-state index in [9.17, 15) is 0 Å². The van der Waals surface area contributed by atoms with Crippen LogP contribution in [0.15, 0.2) is 12.4 Å². The van der Waals surface area contributed by atoms with Gasteiger partial charge in [-0.15, -0.1) is 0 Å². The molecule has 0 amide bonds. The van der Waals surface area contributed by atoms with Crippen LogP contribution in [0.4, 0.5) is 5.82 Å². The lowest BCUT2D eigenvalue weighted by molar-refractivity contribution is 0.639. The van der Waals surface area contributed by atoms with Crippen molar-refractivity contribution in [1.29, 1.82) is 0 Å². The average molecular weight is 194 g/mol. The molecule has 0 spiro atoms. The molecule has 4 nitrogen and oxygen atoms in total. The summed E-state index contributed by atoms with van der Waals surface area (Å²) in [7, 11) is 0. The summed E-state index contributed by atoms with van der Waals surface area (Å²) in [6.45, 7) is 4.89. The van der Waals surface area contributed by atoms with Gasteiger partial charge < -0.3 is 11.1 Å². The summed E-state index contributed by atoms with van der Waals surface area (Å²) in [5.41, 5.74) is 6.62. The molecule has 78 valence electrons. The number of anilines is 1. The Kier molecular flexibility index (Phi) is 4.32. The second-order valence-electron chi connectivity index (χ2n) is 3.59. The Morgan fingerprint density at radius 3 is 2.93 bits per heavy atom. The van der Waals surface area contributed by atoms with Crippen molar-refractivity contribution in [1.82, 2.24) is 9.97 Å². The van der Waals surface area contributed by atoms with E-state index in [0.717, 1.165) is 30.9 Å². The predicted molar refractivity (Wildman–Crippen MR) is 58.1 cm³/mol. The first kappa shape index (κ1) is 10.9. The van der Waals surface area contributed by atoms with Crippen LogP contribution in [-0.4, -0.2) is 22.6 Å². The van der Waals surface area contributed by atoms with Gasteiger partial charge >= 0.3 is 0 Å². The molecule has 3 N–H and O–H groups in total. The van der Waals surface area contributed by atoms with E-state index < -0.39 is 0 Å². The number of nitrogens with two attached hydrogens (primary N) is 1. The fourth-order valence-electron chi connectivity index (χ4n) is 1.19. The molecule has 1 heterocycles. The van der Waals surface area contributed by atoms with Gasteiger partial charge in [-0.05, 0) is 26.7 Å². The molecule has 0 saturated carbocycles. The number of nitrogens with zero attached hydrogens (tertiary/aromatic N) is 2. The third kappa shape index (κ3) is 4.18. The lowest BCUT2D eigenvalue weighted by atomic mass is 10.2. The zero-order chi connectivity index (χ0) is 10.4. The highest BCUT2D eigenvalue weighted by Crippen LogP contribution is 2.03. The Morgan fingerprint density at radius 2 is 2.29 bits per heavy atom. The van der Waals surface area contributed by atoms with Gasteiger partial charge in [0, 0.05) is 24.3 Å². The summed E-state index contributed by atoms with van der Waals surface area (Å²) in [5, 5.41) is 3.23. The van der Waals surface area contributed by atoms with Crippen molar-refractivity contribution in [2.75, 3.05) is 11.9 Å². The standard InChI is InChI=1S/C10H18N4/c1-8(11)4-3-5-12-10-6-9(2)13-7-14-10/h6-8H,3-5,11H2,1-2H3,(H,12,13,14). The van der Waals surface area contributed by atoms with Gasteiger partial charge in [0.05, 0.1) is 0 Å².